The van der Waals surface area contributed by atoms with E-state index in [9.17, 15) is 13.2 Å². The lowest BCUT2D eigenvalue weighted by Gasteiger charge is -2.29. The van der Waals surface area contributed by atoms with E-state index in [1.54, 1.807) is 6.20 Å². The number of rotatable bonds is 1. The van der Waals surface area contributed by atoms with Crippen molar-refractivity contribution in [3.63, 3.8) is 0 Å². The van der Waals surface area contributed by atoms with Gasteiger partial charge in [-0.15, -0.1) is 0 Å². The largest absolute Gasteiger partial charge is 0.392 e. The highest BCUT2D eigenvalue weighted by atomic mass is 19.4. The zero-order chi connectivity index (χ0) is 10.2. The van der Waals surface area contributed by atoms with Crippen LogP contribution < -0.4 is 5.32 Å². The van der Waals surface area contributed by atoms with Gasteiger partial charge in [0.05, 0.1) is 12.6 Å². The second kappa shape index (κ2) is 3.46. The zero-order valence-electron chi connectivity index (χ0n) is 7.77. The second-order valence-corrected chi connectivity index (χ2v) is 3.83. The van der Waals surface area contributed by atoms with E-state index in [4.69, 9.17) is 0 Å². The molecule has 2 aliphatic rings. The number of hydrogen-bond acceptors (Lipinski definition) is 2. The van der Waals surface area contributed by atoms with E-state index in [0.29, 0.717) is 12.0 Å². The fourth-order valence-electron chi connectivity index (χ4n) is 2.07. The number of alkyl halides is 3. The van der Waals surface area contributed by atoms with E-state index in [1.165, 1.54) is 0 Å². The average molecular weight is 206 g/mol. The van der Waals surface area contributed by atoms with Crippen molar-refractivity contribution >= 4 is 0 Å². The smallest absolute Gasteiger partial charge is 0.361 e. The minimum absolute atomic E-state index is 0.270. The first kappa shape index (κ1) is 9.83. The van der Waals surface area contributed by atoms with Crippen molar-refractivity contribution in [2.24, 2.45) is 0 Å². The molecule has 2 aliphatic heterocycles. The first-order valence-corrected chi connectivity index (χ1v) is 4.80. The Morgan fingerprint density at radius 1 is 1.50 bits per heavy atom. The molecule has 1 fully saturated rings. The van der Waals surface area contributed by atoms with Crippen LogP contribution in [0.5, 0.6) is 0 Å². The SMILES string of the molecule is FC(F)(F)CC1=CN2CCNC2CC1. The Balaban J connectivity index is 2.00. The van der Waals surface area contributed by atoms with Crippen LogP contribution in [0.1, 0.15) is 19.3 Å². The van der Waals surface area contributed by atoms with E-state index in [2.05, 4.69) is 5.32 Å². The number of hydrogen-bond donors (Lipinski definition) is 1. The van der Waals surface area contributed by atoms with Gasteiger partial charge in [0.15, 0.2) is 0 Å². The van der Waals surface area contributed by atoms with Crippen LogP contribution in [0.25, 0.3) is 0 Å². The predicted octanol–water partition coefficient (Wildman–Crippen LogP) is 1.85. The summed E-state index contributed by atoms with van der Waals surface area (Å²) in [5, 5.41) is 3.24. The first-order chi connectivity index (χ1) is 6.54. The lowest BCUT2D eigenvalue weighted by atomic mass is 10.0. The highest BCUT2D eigenvalue weighted by molar-refractivity contribution is 5.09. The van der Waals surface area contributed by atoms with Crippen LogP contribution in [-0.2, 0) is 0 Å². The van der Waals surface area contributed by atoms with Crippen molar-refractivity contribution in [1.29, 1.82) is 0 Å². The average Bonchev–Trinajstić information content (AvgIpc) is 2.47. The van der Waals surface area contributed by atoms with E-state index in [-0.39, 0.29) is 6.17 Å². The van der Waals surface area contributed by atoms with Gasteiger partial charge in [-0.2, -0.15) is 13.2 Å². The Bertz CT molecular complexity index is 247. The third-order valence-corrected chi connectivity index (χ3v) is 2.67. The zero-order valence-corrected chi connectivity index (χ0v) is 7.77. The summed E-state index contributed by atoms with van der Waals surface area (Å²) in [7, 11) is 0. The Kier molecular flexibility index (Phi) is 2.43. The molecule has 2 heterocycles. The van der Waals surface area contributed by atoms with Crippen LogP contribution in [0.3, 0.4) is 0 Å². The molecule has 0 aromatic heterocycles. The molecule has 80 valence electrons. The van der Waals surface area contributed by atoms with Crippen LogP contribution in [0.15, 0.2) is 11.8 Å². The highest BCUT2D eigenvalue weighted by Gasteiger charge is 2.32. The van der Waals surface area contributed by atoms with Gasteiger partial charge in [0, 0.05) is 19.3 Å². The van der Waals surface area contributed by atoms with Gasteiger partial charge in [0.1, 0.15) is 0 Å². The molecule has 0 spiro atoms. The molecule has 1 unspecified atom stereocenters. The summed E-state index contributed by atoms with van der Waals surface area (Å²) in [6.07, 6.45) is -1.51. The van der Waals surface area contributed by atoms with Crippen LogP contribution in [0.2, 0.25) is 0 Å². The fourth-order valence-corrected chi connectivity index (χ4v) is 2.07. The van der Waals surface area contributed by atoms with Crippen LogP contribution >= 0.6 is 0 Å². The quantitative estimate of drug-likeness (QED) is 0.704. The summed E-state index contributed by atoms with van der Waals surface area (Å²) in [6, 6.07) is 0. The molecule has 0 saturated carbocycles. The van der Waals surface area contributed by atoms with Crippen LogP contribution in [-0.4, -0.2) is 30.3 Å². The van der Waals surface area contributed by atoms with Crippen molar-refractivity contribution < 1.29 is 13.2 Å². The second-order valence-electron chi connectivity index (χ2n) is 3.83. The van der Waals surface area contributed by atoms with E-state index in [0.717, 1.165) is 19.5 Å². The summed E-state index contributed by atoms with van der Waals surface area (Å²) < 4.78 is 36.3. The summed E-state index contributed by atoms with van der Waals surface area (Å²) in [4.78, 5) is 1.98. The molecular formula is C9H13F3N2. The van der Waals surface area contributed by atoms with Gasteiger partial charge in [0.25, 0.3) is 0 Å². The molecule has 2 rings (SSSR count). The Morgan fingerprint density at radius 2 is 2.29 bits per heavy atom. The Labute approximate surface area is 80.8 Å². The molecular weight excluding hydrogens is 193 g/mol. The fraction of sp³-hybridized carbons (Fsp3) is 0.778. The maximum absolute atomic E-state index is 12.1. The minimum Gasteiger partial charge on any atom is -0.361 e. The van der Waals surface area contributed by atoms with Gasteiger partial charge in [0.2, 0.25) is 0 Å². The predicted molar refractivity (Wildman–Crippen MR) is 46.5 cm³/mol. The summed E-state index contributed by atoms with van der Waals surface area (Å²) in [6.45, 7) is 1.70. The van der Waals surface area contributed by atoms with E-state index < -0.39 is 12.6 Å². The van der Waals surface area contributed by atoms with Gasteiger partial charge >= 0.3 is 6.18 Å². The van der Waals surface area contributed by atoms with E-state index >= 15 is 0 Å². The van der Waals surface area contributed by atoms with Gasteiger partial charge in [-0.25, -0.2) is 0 Å². The molecule has 14 heavy (non-hydrogen) atoms. The maximum Gasteiger partial charge on any atom is 0.392 e. The summed E-state index contributed by atoms with van der Waals surface area (Å²) >= 11 is 0. The molecule has 0 bridgehead atoms. The molecule has 0 aromatic carbocycles. The van der Waals surface area contributed by atoms with Crippen molar-refractivity contribution in [1.82, 2.24) is 10.2 Å². The number of nitrogens with one attached hydrogen (secondary N) is 1. The van der Waals surface area contributed by atoms with Gasteiger partial charge in [-0.3, -0.25) is 5.32 Å². The Hall–Kier alpha value is -0.710. The monoisotopic (exact) mass is 206 g/mol. The lowest BCUT2D eigenvalue weighted by Crippen LogP contribution is -2.35. The molecule has 5 heteroatoms. The van der Waals surface area contributed by atoms with Gasteiger partial charge < -0.3 is 4.90 Å². The Morgan fingerprint density at radius 3 is 3.00 bits per heavy atom. The van der Waals surface area contributed by atoms with Crippen molar-refractivity contribution in [3.8, 4) is 0 Å². The number of fused-ring (bicyclic) bond motifs is 1. The van der Waals surface area contributed by atoms with Crippen molar-refractivity contribution in [2.75, 3.05) is 13.1 Å². The van der Waals surface area contributed by atoms with Crippen LogP contribution in [0, 0.1) is 0 Å². The van der Waals surface area contributed by atoms with Crippen molar-refractivity contribution in [2.45, 2.75) is 31.6 Å². The maximum atomic E-state index is 12.1. The molecule has 1 saturated heterocycles. The van der Waals surface area contributed by atoms with E-state index in [1.807, 2.05) is 4.90 Å². The van der Waals surface area contributed by atoms with Gasteiger partial charge in [-0.1, -0.05) is 0 Å². The number of allylic oxidation sites excluding steroid dienone is 1. The number of halogens is 3. The molecule has 0 amide bonds. The summed E-state index contributed by atoms with van der Waals surface area (Å²) in [5.41, 5.74) is 0.512. The van der Waals surface area contributed by atoms with Crippen molar-refractivity contribution in [3.05, 3.63) is 11.8 Å². The molecule has 1 atom stereocenters. The molecule has 0 aromatic rings. The van der Waals surface area contributed by atoms with Gasteiger partial charge in [-0.05, 0) is 18.4 Å². The third kappa shape index (κ3) is 2.20. The van der Waals surface area contributed by atoms with Crippen LogP contribution in [0.4, 0.5) is 13.2 Å². The normalized spacial score (nSPS) is 27.5. The number of nitrogens with zero attached hydrogens (tertiary/aromatic N) is 1. The molecule has 2 nitrogen and oxygen atoms in total. The molecule has 0 radical (unpaired) electrons. The third-order valence-electron chi connectivity index (χ3n) is 2.67. The lowest BCUT2D eigenvalue weighted by molar-refractivity contribution is -0.128. The highest BCUT2D eigenvalue weighted by Crippen LogP contribution is 2.31. The summed E-state index contributed by atoms with van der Waals surface area (Å²) in [5.74, 6) is 0. The first-order valence-electron chi connectivity index (χ1n) is 4.80. The topological polar surface area (TPSA) is 15.3 Å². The molecule has 0 aliphatic carbocycles. The minimum atomic E-state index is -4.06. The molecule has 1 N–H and O–H groups in total. The standard InChI is InChI=1S/C9H13F3N2/c10-9(11,12)5-7-1-2-8-13-3-4-14(8)6-7/h6,8,13H,1-5H2.